The van der Waals surface area contributed by atoms with Gasteiger partial charge in [0.15, 0.2) is 11.2 Å². The standard InChI is InChI=1S/C16H23N5O2S/c1-3-4-5-23-7-10-9(2)11(6-12(10)24)21-8-18-13-14(21)19-16(17)20-15(13)22/h8,10-12,24H,2-7H2,1H3,(H3,17,19,20,22)/t10-,11-,12-/m0/s1. The maximum atomic E-state index is 11.9. The molecule has 1 aliphatic carbocycles. The molecule has 0 unspecified atom stereocenters. The first-order chi connectivity index (χ1) is 11.5. The maximum Gasteiger partial charge on any atom is 0.280 e. The van der Waals surface area contributed by atoms with Crippen molar-refractivity contribution in [2.75, 3.05) is 18.9 Å². The molecule has 2 heterocycles. The second kappa shape index (κ2) is 6.98. The van der Waals surface area contributed by atoms with E-state index in [1.165, 1.54) is 0 Å². The summed E-state index contributed by atoms with van der Waals surface area (Å²) in [6.07, 6.45) is 4.59. The number of rotatable bonds is 6. The molecule has 0 spiro atoms. The molecule has 0 aliphatic heterocycles. The molecule has 3 atom stereocenters. The third-order valence-electron chi connectivity index (χ3n) is 4.56. The number of nitrogens with two attached hydrogens (primary N) is 1. The van der Waals surface area contributed by atoms with Crippen molar-refractivity contribution in [2.24, 2.45) is 5.92 Å². The van der Waals surface area contributed by atoms with Gasteiger partial charge in [0.05, 0.1) is 19.0 Å². The van der Waals surface area contributed by atoms with Crippen molar-refractivity contribution in [3.63, 3.8) is 0 Å². The Hall–Kier alpha value is -1.80. The second-order valence-corrected chi connectivity index (χ2v) is 6.87. The van der Waals surface area contributed by atoms with Gasteiger partial charge in [0.2, 0.25) is 5.95 Å². The van der Waals surface area contributed by atoms with E-state index < -0.39 is 0 Å². The Balaban J connectivity index is 1.83. The lowest BCUT2D eigenvalue weighted by molar-refractivity contribution is 0.110. The summed E-state index contributed by atoms with van der Waals surface area (Å²) in [6.45, 7) is 7.76. The second-order valence-electron chi connectivity index (χ2n) is 6.20. The van der Waals surface area contributed by atoms with Gasteiger partial charge < -0.3 is 15.0 Å². The van der Waals surface area contributed by atoms with Gasteiger partial charge in [-0.25, -0.2) is 4.98 Å². The molecule has 0 aromatic carbocycles. The van der Waals surface area contributed by atoms with E-state index in [-0.39, 0.29) is 34.2 Å². The number of thiol groups is 1. The molecule has 130 valence electrons. The van der Waals surface area contributed by atoms with Gasteiger partial charge >= 0.3 is 0 Å². The van der Waals surface area contributed by atoms with E-state index in [2.05, 4.69) is 28.5 Å². The number of nitrogen functional groups attached to an aromatic ring is 1. The summed E-state index contributed by atoms with van der Waals surface area (Å²) < 4.78 is 7.64. The highest BCUT2D eigenvalue weighted by atomic mass is 32.1. The molecular formula is C16H23N5O2S. The van der Waals surface area contributed by atoms with E-state index in [9.17, 15) is 4.79 Å². The first kappa shape index (κ1) is 17.0. The summed E-state index contributed by atoms with van der Waals surface area (Å²) >= 11 is 4.71. The first-order valence-electron chi connectivity index (χ1n) is 8.19. The van der Waals surface area contributed by atoms with Gasteiger partial charge in [0, 0.05) is 17.8 Å². The van der Waals surface area contributed by atoms with Crippen LogP contribution in [0, 0.1) is 5.92 Å². The summed E-state index contributed by atoms with van der Waals surface area (Å²) in [5, 5.41) is 0.154. The van der Waals surface area contributed by atoms with Gasteiger partial charge in [-0.3, -0.25) is 9.78 Å². The number of fused-ring (bicyclic) bond motifs is 1. The highest BCUT2D eigenvalue weighted by Gasteiger charge is 2.37. The highest BCUT2D eigenvalue weighted by Crippen LogP contribution is 2.42. The predicted molar refractivity (Wildman–Crippen MR) is 97.3 cm³/mol. The molecule has 2 aromatic rings. The number of ether oxygens (including phenoxy) is 1. The smallest absolute Gasteiger partial charge is 0.280 e. The third kappa shape index (κ3) is 3.08. The Bertz CT molecular complexity index is 799. The molecule has 0 radical (unpaired) electrons. The Kier molecular flexibility index (Phi) is 4.96. The number of unbranched alkanes of at least 4 members (excludes halogenated alkanes) is 1. The minimum Gasteiger partial charge on any atom is -0.381 e. The summed E-state index contributed by atoms with van der Waals surface area (Å²) in [7, 11) is 0. The average molecular weight is 349 g/mol. The molecule has 0 bridgehead atoms. The Morgan fingerprint density at radius 1 is 1.58 bits per heavy atom. The molecule has 24 heavy (non-hydrogen) atoms. The molecule has 1 aliphatic rings. The average Bonchev–Trinajstić information content (AvgIpc) is 3.06. The van der Waals surface area contributed by atoms with Crippen LogP contribution in [-0.2, 0) is 4.74 Å². The van der Waals surface area contributed by atoms with Gasteiger partial charge in [-0.2, -0.15) is 17.6 Å². The van der Waals surface area contributed by atoms with Crippen LogP contribution in [0.1, 0.15) is 32.2 Å². The van der Waals surface area contributed by atoms with Gasteiger partial charge in [0.25, 0.3) is 5.56 Å². The largest absolute Gasteiger partial charge is 0.381 e. The third-order valence-corrected chi connectivity index (χ3v) is 5.13. The normalized spacial score (nSPS) is 24.1. The predicted octanol–water partition coefficient (Wildman–Crippen LogP) is 1.93. The number of imidazole rings is 1. The van der Waals surface area contributed by atoms with Crippen LogP contribution in [-0.4, -0.2) is 38.0 Å². The molecule has 3 rings (SSSR count). The van der Waals surface area contributed by atoms with Crippen LogP contribution < -0.4 is 11.3 Å². The maximum absolute atomic E-state index is 11.9. The van der Waals surface area contributed by atoms with Crippen molar-refractivity contribution in [2.45, 2.75) is 37.5 Å². The van der Waals surface area contributed by atoms with Crippen LogP contribution in [0.4, 0.5) is 5.95 Å². The van der Waals surface area contributed by atoms with Crippen molar-refractivity contribution in [3.8, 4) is 0 Å². The van der Waals surface area contributed by atoms with Crippen LogP contribution in [0.15, 0.2) is 23.3 Å². The van der Waals surface area contributed by atoms with Gasteiger partial charge in [-0.15, -0.1) is 0 Å². The van der Waals surface area contributed by atoms with Crippen molar-refractivity contribution < 1.29 is 4.74 Å². The zero-order valence-corrected chi connectivity index (χ0v) is 14.6. The van der Waals surface area contributed by atoms with Crippen molar-refractivity contribution in [1.82, 2.24) is 19.5 Å². The zero-order valence-electron chi connectivity index (χ0n) is 13.7. The molecule has 0 amide bonds. The lowest BCUT2D eigenvalue weighted by Crippen LogP contribution is -2.17. The Morgan fingerprint density at radius 2 is 2.38 bits per heavy atom. The van der Waals surface area contributed by atoms with E-state index in [4.69, 9.17) is 23.1 Å². The fourth-order valence-electron chi connectivity index (χ4n) is 3.18. The van der Waals surface area contributed by atoms with Gasteiger partial charge in [-0.05, 0) is 18.4 Å². The highest BCUT2D eigenvalue weighted by molar-refractivity contribution is 7.81. The number of nitrogens with zero attached hydrogens (tertiary/aromatic N) is 3. The number of aromatic nitrogens is 4. The van der Waals surface area contributed by atoms with E-state index in [0.717, 1.165) is 31.4 Å². The fourth-order valence-corrected chi connectivity index (χ4v) is 3.65. The monoisotopic (exact) mass is 349 g/mol. The molecule has 2 aromatic heterocycles. The number of nitrogens with one attached hydrogen (secondary N) is 1. The summed E-state index contributed by atoms with van der Waals surface area (Å²) in [6, 6.07) is -0.00836. The van der Waals surface area contributed by atoms with Crippen LogP contribution >= 0.6 is 12.6 Å². The quantitative estimate of drug-likeness (QED) is 0.420. The van der Waals surface area contributed by atoms with E-state index in [1.54, 1.807) is 6.33 Å². The van der Waals surface area contributed by atoms with Crippen LogP contribution in [0.25, 0.3) is 11.2 Å². The fraction of sp³-hybridized carbons (Fsp3) is 0.562. The number of H-pyrrole nitrogens is 1. The number of hydrogen-bond acceptors (Lipinski definition) is 6. The topological polar surface area (TPSA) is 98.8 Å². The van der Waals surface area contributed by atoms with Crippen LogP contribution in [0.2, 0.25) is 0 Å². The first-order valence-corrected chi connectivity index (χ1v) is 8.71. The summed E-state index contributed by atoms with van der Waals surface area (Å²) in [5.41, 5.74) is 7.14. The van der Waals surface area contributed by atoms with Gasteiger partial charge in [-0.1, -0.05) is 19.9 Å². The van der Waals surface area contributed by atoms with E-state index in [0.29, 0.717) is 12.3 Å². The molecule has 7 nitrogen and oxygen atoms in total. The van der Waals surface area contributed by atoms with Crippen molar-refractivity contribution in [3.05, 3.63) is 28.8 Å². The van der Waals surface area contributed by atoms with E-state index >= 15 is 0 Å². The number of anilines is 1. The molecule has 1 saturated carbocycles. The minimum atomic E-state index is -0.332. The lowest BCUT2D eigenvalue weighted by Gasteiger charge is -2.18. The van der Waals surface area contributed by atoms with Gasteiger partial charge in [0.1, 0.15) is 0 Å². The molecule has 8 heteroatoms. The van der Waals surface area contributed by atoms with Crippen molar-refractivity contribution >= 4 is 29.7 Å². The van der Waals surface area contributed by atoms with Crippen LogP contribution in [0.3, 0.4) is 0 Å². The summed E-state index contributed by atoms with van der Waals surface area (Å²) in [5.74, 6) is 0.256. The number of hydrogen-bond donors (Lipinski definition) is 3. The number of aromatic amines is 1. The molecular weight excluding hydrogens is 326 g/mol. The molecule has 3 N–H and O–H groups in total. The molecule has 1 fully saturated rings. The summed E-state index contributed by atoms with van der Waals surface area (Å²) in [4.78, 5) is 22.8. The zero-order chi connectivity index (χ0) is 17.3. The van der Waals surface area contributed by atoms with Crippen LogP contribution in [0.5, 0.6) is 0 Å². The van der Waals surface area contributed by atoms with E-state index in [1.807, 2.05) is 4.57 Å². The lowest BCUT2D eigenvalue weighted by atomic mass is 10.0. The molecule has 0 saturated heterocycles. The van der Waals surface area contributed by atoms with Crippen molar-refractivity contribution in [1.29, 1.82) is 0 Å². The Labute approximate surface area is 145 Å². The minimum absolute atomic E-state index is 0.00836. The SMILES string of the molecule is C=C1[C@H](COCCCC)[C@@H](S)C[C@@H]1n1cnc2c(=O)[nH]c(N)nc21. The Morgan fingerprint density at radius 3 is 3.12 bits per heavy atom.